The van der Waals surface area contributed by atoms with Gasteiger partial charge in [0.1, 0.15) is 0 Å². The molecule has 3 heterocycles. The standard InChI is InChI=1S/2C10H9Cl2N3.C10H10ClN3/c11-8-2-1-7(5-9(8)12)6-15-10-13-3-4-14-10;11-8-3-1-2-7(9(8)12)6-15-10-13-4-5-14-10;11-9-3-1-2-8(6-9)7-14-10-12-4-5-13-10/h2*1-5H,6H2,(H2,13,14,15);1-6H,7H2,(H2,12,13,14). The molecular formula is C30H28Cl5N9. The fraction of sp³-hybridized carbons (Fsp3) is 0.100. The number of halogens is 5. The van der Waals surface area contributed by atoms with Crippen LogP contribution in [0.3, 0.4) is 0 Å². The van der Waals surface area contributed by atoms with Crippen LogP contribution in [0.25, 0.3) is 0 Å². The van der Waals surface area contributed by atoms with E-state index in [1.54, 1.807) is 49.3 Å². The number of hydrogen-bond donors (Lipinski definition) is 6. The topological polar surface area (TPSA) is 122 Å². The predicted molar refractivity (Wildman–Crippen MR) is 182 cm³/mol. The van der Waals surface area contributed by atoms with Crippen LogP contribution in [0.2, 0.25) is 25.1 Å². The van der Waals surface area contributed by atoms with Crippen molar-refractivity contribution < 1.29 is 0 Å². The molecule has 0 unspecified atom stereocenters. The van der Waals surface area contributed by atoms with Gasteiger partial charge in [-0.05, 0) is 47.0 Å². The second kappa shape index (κ2) is 17.4. The molecule has 3 aromatic heterocycles. The first kappa shape index (κ1) is 33.0. The van der Waals surface area contributed by atoms with Gasteiger partial charge in [0.15, 0.2) is 17.8 Å². The number of benzene rings is 3. The van der Waals surface area contributed by atoms with Crippen LogP contribution in [0.4, 0.5) is 17.8 Å². The van der Waals surface area contributed by atoms with Crippen molar-refractivity contribution in [3.05, 3.63) is 140 Å². The average molecular weight is 692 g/mol. The third-order valence-corrected chi connectivity index (χ3v) is 7.60. The van der Waals surface area contributed by atoms with Crippen LogP contribution in [0, 0.1) is 0 Å². The molecule has 0 aliphatic rings. The number of imidazole rings is 3. The molecule has 9 nitrogen and oxygen atoms in total. The van der Waals surface area contributed by atoms with Crippen molar-refractivity contribution in [2.45, 2.75) is 19.6 Å². The van der Waals surface area contributed by atoms with Gasteiger partial charge in [-0.25, -0.2) is 15.0 Å². The number of H-pyrrole nitrogens is 3. The maximum absolute atomic E-state index is 6.03. The molecule has 14 heteroatoms. The number of nitrogens with zero attached hydrogens (tertiary/aromatic N) is 3. The number of anilines is 3. The molecule has 0 atom stereocenters. The van der Waals surface area contributed by atoms with Crippen LogP contribution in [0.1, 0.15) is 16.7 Å². The molecule has 6 rings (SSSR count). The van der Waals surface area contributed by atoms with E-state index in [9.17, 15) is 0 Å². The Balaban J connectivity index is 0.000000151. The van der Waals surface area contributed by atoms with Gasteiger partial charge in [0.25, 0.3) is 0 Å². The Bertz CT molecular complexity index is 1680. The van der Waals surface area contributed by atoms with Crippen molar-refractivity contribution in [3.8, 4) is 0 Å². The molecule has 0 aliphatic heterocycles. The van der Waals surface area contributed by atoms with Gasteiger partial charge in [-0.15, -0.1) is 0 Å². The molecule has 6 aromatic rings. The summed E-state index contributed by atoms with van der Waals surface area (Å²) >= 11 is 29.5. The van der Waals surface area contributed by atoms with Gasteiger partial charge in [0, 0.05) is 61.8 Å². The van der Waals surface area contributed by atoms with Crippen LogP contribution < -0.4 is 16.0 Å². The van der Waals surface area contributed by atoms with E-state index >= 15 is 0 Å². The van der Waals surface area contributed by atoms with Crippen molar-refractivity contribution in [2.24, 2.45) is 0 Å². The molecule has 0 amide bonds. The van der Waals surface area contributed by atoms with Crippen LogP contribution in [0.15, 0.2) is 97.8 Å². The minimum atomic E-state index is 0.565. The zero-order chi connectivity index (χ0) is 31.1. The summed E-state index contributed by atoms with van der Waals surface area (Å²) in [5.41, 5.74) is 3.13. The van der Waals surface area contributed by atoms with Crippen molar-refractivity contribution in [1.82, 2.24) is 29.9 Å². The third kappa shape index (κ3) is 11.0. The van der Waals surface area contributed by atoms with E-state index < -0.39 is 0 Å². The minimum Gasteiger partial charge on any atom is -0.352 e. The van der Waals surface area contributed by atoms with Crippen LogP contribution in [-0.4, -0.2) is 29.9 Å². The summed E-state index contributed by atoms with van der Waals surface area (Å²) in [6.45, 7) is 1.96. The highest BCUT2D eigenvalue weighted by Gasteiger charge is 2.04. The molecule has 0 aliphatic carbocycles. The second-order valence-corrected chi connectivity index (χ2v) is 11.0. The highest BCUT2D eigenvalue weighted by atomic mass is 35.5. The number of hydrogen-bond acceptors (Lipinski definition) is 6. The Morgan fingerprint density at radius 3 is 1.59 bits per heavy atom. The van der Waals surface area contributed by atoms with Gasteiger partial charge in [0.05, 0.1) is 20.1 Å². The van der Waals surface area contributed by atoms with E-state index in [2.05, 4.69) is 45.9 Å². The Morgan fingerprint density at radius 1 is 0.523 bits per heavy atom. The largest absolute Gasteiger partial charge is 0.352 e. The summed E-state index contributed by atoms with van der Waals surface area (Å²) in [6.07, 6.45) is 10.4. The first-order valence-electron chi connectivity index (χ1n) is 13.2. The van der Waals surface area contributed by atoms with Crippen molar-refractivity contribution in [3.63, 3.8) is 0 Å². The van der Waals surface area contributed by atoms with E-state index in [0.717, 1.165) is 33.6 Å². The number of aromatic nitrogens is 6. The Labute approximate surface area is 279 Å². The van der Waals surface area contributed by atoms with Gasteiger partial charge >= 0.3 is 0 Å². The Kier molecular flexibility index (Phi) is 13.1. The Morgan fingerprint density at radius 2 is 1.07 bits per heavy atom. The first-order valence-corrected chi connectivity index (χ1v) is 15.1. The lowest BCUT2D eigenvalue weighted by atomic mass is 10.2. The summed E-state index contributed by atoms with van der Waals surface area (Å²) < 4.78 is 0. The smallest absolute Gasteiger partial charge is 0.200 e. The molecule has 0 radical (unpaired) electrons. The van der Waals surface area contributed by atoms with E-state index in [0.29, 0.717) is 45.7 Å². The van der Waals surface area contributed by atoms with E-state index in [1.807, 2.05) is 48.5 Å². The predicted octanol–water partition coefficient (Wildman–Crippen LogP) is 9.33. The maximum atomic E-state index is 6.03. The number of nitrogens with one attached hydrogen (secondary N) is 6. The first-order chi connectivity index (χ1) is 21.4. The molecule has 6 N–H and O–H groups in total. The van der Waals surface area contributed by atoms with Gasteiger partial charge in [0.2, 0.25) is 0 Å². The van der Waals surface area contributed by atoms with Crippen LogP contribution in [-0.2, 0) is 19.6 Å². The molecule has 228 valence electrons. The van der Waals surface area contributed by atoms with E-state index in [4.69, 9.17) is 58.0 Å². The van der Waals surface area contributed by atoms with Crippen molar-refractivity contribution in [1.29, 1.82) is 0 Å². The van der Waals surface area contributed by atoms with E-state index in [1.165, 1.54) is 0 Å². The highest BCUT2D eigenvalue weighted by molar-refractivity contribution is 6.42. The molecule has 0 saturated carbocycles. The maximum Gasteiger partial charge on any atom is 0.200 e. The lowest BCUT2D eigenvalue weighted by molar-refractivity contribution is 1.09. The number of aromatic amines is 3. The average Bonchev–Trinajstić information content (AvgIpc) is 3.83. The summed E-state index contributed by atoms with van der Waals surface area (Å²) in [7, 11) is 0. The van der Waals surface area contributed by atoms with Crippen molar-refractivity contribution in [2.75, 3.05) is 16.0 Å². The lowest BCUT2D eigenvalue weighted by Crippen LogP contribution is -2.01. The summed E-state index contributed by atoms with van der Waals surface area (Å²) in [5.74, 6) is 2.22. The quantitative estimate of drug-likeness (QED) is 0.0899. The van der Waals surface area contributed by atoms with Gasteiger partial charge in [-0.1, -0.05) is 88.3 Å². The number of rotatable bonds is 9. The van der Waals surface area contributed by atoms with Gasteiger partial charge < -0.3 is 30.9 Å². The van der Waals surface area contributed by atoms with E-state index in [-0.39, 0.29) is 0 Å². The zero-order valence-electron chi connectivity index (χ0n) is 23.1. The summed E-state index contributed by atoms with van der Waals surface area (Å²) in [6, 6.07) is 18.8. The van der Waals surface area contributed by atoms with Gasteiger partial charge in [-0.2, -0.15) is 0 Å². The Hall–Kier alpha value is -3.86. The molecule has 0 fully saturated rings. The normalized spacial score (nSPS) is 10.2. The van der Waals surface area contributed by atoms with Gasteiger partial charge in [-0.3, -0.25) is 0 Å². The monoisotopic (exact) mass is 689 g/mol. The third-order valence-electron chi connectivity index (χ3n) is 5.77. The highest BCUT2D eigenvalue weighted by Crippen LogP contribution is 2.26. The minimum absolute atomic E-state index is 0.565. The lowest BCUT2D eigenvalue weighted by Gasteiger charge is -2.06. The molecular weight excluding hydrogens is 664 g/mol. The van der Waals surface area contributed by atoms with Crippen LogP contribution in [0.5, 0.6) is 0 Å². The molecule has 0 spiro atoms. The molecule has 44 heavy (non-hydrogen) atoms. The SMILES string of the molecule is Clc1ccc(CNc2ncc[nH]2)cc1Cl.Clc1cccc(CNc2ncc[nH]2)c1.Clc1cccc(CNc2ncc[nH]2)c1Cl. The van der Waals surface area contributed by atoms with Crippen LogP contribution >= 0.6 is 58.0 Å². The van der Waals surface area contributed by atoms with Crippen molar-refractivity contribution >= 4 is 75.8 Å². The fourth-order valence-electron chi connectivity index (χ4n) is 3.62. The molecule has 0 bridgehead atoms. The second-order valence-electron chi connectivity index (χ2n) is 8.97. The fourth-order valence-corrected chi connectivity index (χ4v) is 4.54. The summed E-state index contributed by atoms with van der Waals surface area (Å²) in [4.78, 5) is 21.0. The molecule has 0 saturated heterocycles. The molecule has 3 aromatic carbocycles. The zero-order valence-corrected chi connectivity index (χ0v) is 26.9. The summed E-state index contributed by atoms with van der Waals surface area (Å²) in [5, 5.41) is 12.4.